The summed E-state index contributed by atoms with van der Waals surface area (Å²) in [5.74, 6) is 0.767. The first-order valence-electron chi connectivity index (χ1n) is 7.74. The monoisotopic (exact) mass is 405 g/mol. The zero-order chi connectivity index (χ0) is 17.2. The normalized spacial score (nSPS) is 10.4. The number of aliphatic hydroxyl groups excluding tert-OH is 1. The van der Waals surface area contributed by atoms with Crippen LogP contribution in [0.15, 0.2) is 42.5 Å². The van der Waals surface area contributed by atoms with Gasteiger partial charge in [0.15, 0.2) is 0 Å². The van der Waals surface area contributed by atoms with E-state index in [1.54, 1.807) is 6.07 Å². The van der Waals surface area contributed by atoms with Gasteiger partial charge in [-0.3, -0.25) is 0 Å². The number of aliphatic hydroxyl groups is 1. The largest absolute Gasteiger partial charge is 0.489 e. The summed E-state index contributed by atoms with van der Waals surface area (Å²) in [7, 11) is 0. The Kier molecular flexibility index (Phi) is 10.9. The summed E-state index contributed by atoms with van der Waals surface area (Å²) in [4.78, 5) is 0. The first-order valence-corrected chi connectivity index (χ1v) is 8.50. The van der Waals surface area contributed by atoms with E-state index in [9.17, 15) is 0 Å². The molecule has 0 amide bonds. The fourth-order valence-corrected chi connectivity index (χ4v) is 2.52. The van der Waals surface area contributed by atoms with Crippen molar-refractivity contribution < 1.29 is 14.6 Å². The third kappa shape index (κ3) is 7.82. The van der Waals surface area contributed by atoms with E-state index < -0.39 is 0 Å². The van der Waals surface area contributed by atoms with Crippen LogP contribution in [0.2, 0.25) is 10.0 Å². The van der Waals surface area contributed by atoms with Gasteiger partial charge in [0.25, 0.3) is 0 Å². The van der Waals surface area contributed by atoms with Gasteiger partial charge in [-0.25, -0.2) is 0 Å². The van der Waals surface area contributed by atoms with E-state index in [-0.39, 0.29) is 19.0 Å². The highest BCUT2D eigenvalue weighted by molar-refractivity contribution is 6.31. The molecule has 7 heteroatoms. The Morgan fingerprint density at radius 2 is 1.80 bits per heavy atom. The third-order valence-corrected chi connectivity index (χ3v) is 3.94. The lowest BCUT2D eigenvalue weighted by Crippen LogP contribution is -2.20. The molecule has 0 fully saturated rings. The average Bonchev–Trinajstić information content (AvgIpc) is 2.58. The van der Waals surface area contributed by atoms with Gasteiger partial charge in [0.05, 0.1) is 19.8 Å². The van der Waals surface area contributed by atoms with Gasteiger partial charge in [-0.2, -0.15) is 0 Å². The molecule has 0 heterocycles. The number of ether oxygens (including phenoxy) is 2. The van der Waals surface area contributed by atoms with E-state index in [1.807, 2.05) is 36.4 Å². The summed E-state index contributed by atoms with van der Waals surface area (Å²) in [5, 5.41) is 13.3. The zero-order valence-electron chi connectivity index (χ0n) is 13.7. The summed E-state index contributed by atoms with van der Waals surface area (Å²) in [5.41, 5.74) is 1.90. The van der Waals surface area contributed by atoms with E-state index in [0.717, 1.165) is 16.9 Å². The average molecular weight is 407 g/mol. The molecule has 0 saturated carbocycles. The Morgan fingerprint density at radius 3 is 2.56 bits per heavy atom. The van der Waals surface area contributed by atoms with Gasteiger partial charge in [0, 0.05) is 34.3 Å². The highest BCUT2D eigenvalue weighted by Gasteiger charge is 2.07. The summed E-state index contributed by atoms with van der Waals surface area (Å²) in [6, 6.07) is 13.1. The summed E-state index contributed by atoms with van der Waals surface area (Å²) in [6.45, 7) is 2.61. The molecule has 0 atom stereocenters. The van der Waals surface area contributed by atoms with Crippen LogP contribution in [0.5, 0.6) is 5.75 Å². The van der Waals surface area contributed by atoms with Gasteiger partial charge in [0.2, 0.25) is 0 Å². The predicted molar refractivity (Wildman–Crippen MR) is 104 cm³/mol. The molecule has 0 aliphatic rings. The molecule has 0 bridgehead atoms. The number of rotatable bonds is 10. The minimum absolute atomic E-state index is 0. The topological polar surface area (TPSA) is 50.7 Å². The SMILES string of the molecule is Cl.OCCOCCNCc1cc(Cl)ccc1OCc1ccccc1Cl. The molecule has 2 rings (SSSR count). The van der Waals surface area contributed by atoms with Gasteiger partial charge in [0.1, 0.15) is 12.4 Å². The van der Waals surface area contributed by atoms with Gasteiger partial charge < -0.3 is 19.9 Å². The van der Waals surface area contributed by atoms with Gasteiger partial charge in [-0.1, -0.05) is 41.4 Å². The van der Waals surface area contributed by atoms with Crippen molar-refractivity contribution in [1.82, 2.24) is 5.32 Å². The van der Waals surface area contributed by atoms with Gasteiger partial charge in [-0.15, -0.1) is 12.4 Å². The Balaban J connectivity index is 0.00000312. The minimum atomic E-state index is 0. The molecule has 0 saturated heterocycles. The zero-order valence-corrected chi connectivity index (χ0v) is 16.0. The second kappa shape index (κ2) is 12.4. The number of benzene rings is 2. The van der Waals surface area contributed by atoms with E-state index in [4.69, 9.17) is 37.8 Å². The molecular formula is C18H22Cl3NO3. The van der Waals surface area contributed by atoms with Crippen molar-refractivity contribution >= 4 is 35.6 Å². The molecule has 0 spiro atoms. The van der Waals surface area contributed by atoms with Crippen molar-refractivity contribution in [1.29, 1.82) is 0 Å². The van der Waals surface area contributed by atoms with Crippen LogP contribution in [-0.2, 0) is 17.9 Å². The van der Waals surface area contributed by atoms with Crippen LogP contribution in [0.1, 0.15) is 11.1 Å². The molecule has 0 unspecified atom stereocenters. The van der Waals surface area contributed by atoms with Crippen molar-refractivity contribution in [3.63, 3.8) is 0 Å². The molecule has 0 aliphatic carbocycles. The van der Waals surface area contributed by atoms with E-state index in [2.05, 4.69) is 5.32 Å². The predicted octanol–water partition coefficient (Wildman–Crippen LogP) is 4.09. The van der Waals surface area contributed by atoms with Crippen LogP contribution in [0.25, 0.3) is 0 Å². The van der Waals surface area contributed by atoms with Crippen molar-refractivity contribution in [3.05, 3.63) is 63.6 Å². The Labute approximate surface area is 164 Å². The van der Waals surface area contributed by atoms with Gasteiger partial charge in [-0.05, 0) is 24.3 Å². The van der Waals surface area contributed by atoms with E-state index in [0.29, 0.717) is 43.0 Å². The highest BCUT2D eigenvalue weighted by Crippen LogP contribution is 2.25. The first kappa shape index (κ1) is 22.0. The molecule has 2 aromatic rings. The fraction of sp³-hybridized carbons (Fsp3) is 0.333. The first-order chi connectivity index (χ1) is 11.7. The standard InChI is InChI=1S/C18H21Cl2NO3.ClH/c19-16-5-6-18(24-13-14-3-1-2-4-17(14)20)15(11-16)12-21-7-9-23-10-8-22;/h1-6,11,21-22H,7-10,12-13H2;1H. The minimum Gasteiger partial charge on any atom is -0.489 e. The van der Waals surface area contributed by atoms with Crippen molar-refractivity contribution in [2.24, 2.45) is 0 Å². The number of hydrogen-bond donors (Lipinski definition) is 2. The lowest BCUT2D eigenvalue weighted by Gasteiger charge is -2.13. The number of hydrogen-bond acceptors (Lipinski definition) is 4. The van der Waals surface area contributed by atoms with Gasteiger partial charge >= 0.3 is 0 Å². The van der Waals surface area contributed by atoms with Crippen LogP contribution >= 0.6 is 35.6 Å². The third-order valence-electron chi connectivity index (χ3n) is 3.34. The molecule has 138 valence electrons. The maximum atomic E-state index is 8.65. The molecule has 4 nitrogen and oxygen atoms in total. The van der Waals surface area contributed by atoms with Crippen molar-refractivity contribution in [2.45, 2.75) is 13.2 Å². The second-order valence-corrected chi connectivity index (χ2v) is 5.99. The molecule has 2 aromatic carbocycles. The Bertz CT molecular complexity index is 641. The molecule has 0 aliphatic heterocycles. The molecule has 0 aromatic heterocycles. The lowest BCUT2D eigenvalue weighted by atomic mass is 10.2. The number of halogens is 3. The maximum Gasteiger partial charge on any atom is 0.124 e. The quantitative estimate of drug-likeness (QED) is 0.583. The lowest BCUT2D eigenvalue weighted by molar-refractivity contribution is 0.0937. The molecule has 2 N–H and O–H groups in total. The highest BCUT2D eigenvalue weighted by atomic mass is 35.5. The fourth-order valence-electron chi connectivity index (χ4n) is 2.13. The Hall–Kier alpha value is -1.01. The second-order valence-electron chi connectivity index (χ2n) is 5.14. The van der Waals surface area contributed by atoms with E-state index in [1.165, 1.54) is 0 Å². The summed E-state index contributed by atoms with van der Waals surface area (Å²) >= 11 is 12.2. The van der Waals surface area contributed by atoms with E-state index >= 15 is 0 Å². The van der Waals surface area contributed by atoms with Crippen LogP contribution in [0.3, 0.4) is 0 Å². The maximum absolute atomic E-state index is 8.65. The smallest absolute Gasteiger partial charge is 0.124 e. The van der Waals surface area contributed by atoms with Crippen LogP contribution in [0.4, 0.5) is 0 Å². The van der Waals surface area contributed by atoms with Crippen LogP contribution in [0, 0.1) is 0 Å². The van der Waals surface area contributed by atoms with Crippen LogP contribution in [-0.4, -0.2) is 31.5 Å². The number of nitrogens with one attached hydrogen (secondary N) is 1. The molecular weight excluding hydrogens is 385 g/mol. The van der Waals surface area contributed by atoms with Crippen LogP contribution < -0.4 is 10.1 Å². The summed E-state index contributed by atoms with van der Waals surface area (Å²) < 4.78 is 11.1. The molecule has 25 heavy (non-hydrogen) atoms. The Morgan fingerprint density at radius 1 is 1.00 bits per heavy atom. The molecule has 0 radical (unpaired) electrons. The van der Waals surface area contributed by atoms with Crippen molar-refractivity contribution in [3.8, 4) is 5.75 Å². The summed E-state index contributed by atoms with van der Waals surface area (Å²) in [6.07, 6.45) is 0. The van der Waals surface area contributed by atoms with Crippen molar-refractivity contribution in [2.75, 3.05) is 26.4 Å².